The number of amides is 1. The van der Waals surface area contributed by atoms with Gasteiger partial charge in [-0.2, -0.15) is 0 Å². The summed E-state index contributed by atoms with van der Waals surface area (Å²) in [5, 5.41) is 2.89. The number of hydrogen-bond donors (Lipinski definition) is 1. The maximum absolute atomic E-state index is 14.3. The Hall–Kier alpha value is -3.92. The number of carbonyl (C=O) groups is 3. The van der Waals surface area contributed by atoms with Gasteiger partial charge in [-0.25, -0.2) is 0 Å². The van der Waals surface area contributed by atoms with Gasteiger partial charge in [-0.1, -0.05) is 70.2 Å². The number of hydrogen-bond acceptors (Lipinski definition) is 6. The van der Waals surface area contributed by atoms with Crippen LogP contribution >= 0.6 is 22.6 Å². The summed E-state index contributed by atoms with van der Waals surface area (Å²) in [6.45, 7) is 13.3. The maximum atomic E-state index is 14.3. The van der Waals surface area contributed by atoms with Crippen molar-refractivity contribution < 1.29 is 23.9 Å². The second-order valence-corrected chi connectivity index (χ2v) is 16.2. The zero-order chi connectivity index (χ0) is 35.1. The minimum absolute atomic E-state index is 0.0830. The summed E-state index contributed by atoms with van der Waals surface area (Å²) in [5.41, 5.74) is 6.73. The van der Waals surface area contributed by atoms with Crippen LogP contribution in [-0.2, 0) is 20.9 Å². The van der Waals surface area contributed by atoms with Crippen molar-refractivity contribution in [3.05, 3.63) is 110 Å². The Morgan fingerprint density at radius 3 is 2.08 bits per heavy atom. The molecule has 256 valence electrons. The molecular formula is C41H45IN2O5. The molecule has 0 bridgehead atoms. The van der Waals surface area contributed by atoms with E-state index >= 15 is 0 Å². The van der Waals surface area contributed by atoms with E-state index in [2.05, 4.69) is 72.6 Å². The van der Waals surface area contributed by atoms with Gasteiger partial charge < -0.3 is 19.7 Å². The minimum atomic E-state index is -0.518. The molecule has 0 saturated heterocycles. The van der Waals surface area contributed by atoms with Gasteiger partial charge in [0.25, 0.3) is 5.91 Å². The lowest BCUT2D eigenvalue weighted by Crippen LogP contribution is -2.44. The zero-order valence-electron chi connectivity index (χ0n) is 29.2. The van der Waals surface area contributed by atoms with Gasteiger partial charge in [0.15, 0.2) is 29.7 Å². The van der Waals surface area contributed by atoms with Crippen LogP contribution in [0.25, 0.3) is 0 Å². The third-order valence-corrected chi connectivity index (χ3v) is 10.3. The van der Waals surface area contributed by atoms with E-state index in [1.165, 1.54) is 0 Å². The fraction of sp³-hybridized carbons (Fsp3) is 0.390. The largest absolute Gasteiger partial charge is 0.490 e. The molecule has 0 saturated carbocycles. The van der Waals surface area contributed by atoms with E-state index in [4.69, 9.17) is 9.47 Å². The van der Waals surface area contributed by atoms with E-state index in [0.29, 0.717) is 54.3 Å². The monoisotopic (exact) mass is 772 g/mol. The molecule has 8 heteroatoms. The van der Waals surface area contributed by atoms with Gasteiger partial charge in [-0.15, -0.1) is 0 Å². The van der Waals surface area contributed by atoms with Crippen molar-refractivity contribution in [1.29, 1.82) is 0 Å². The molecule has 0 unspecified atom stereocenters. The number of Topliss-reactive ketones (excluding diaryl/α,β-unsaturated/α-hetero) is 2. The lowest BCUT2D eigenvalue weighted by Gasteiger charge is -2.49. The van der Waals surface area contributed by atoms with E-state index in [-0.39, 0.29) is 34.9 Å². The molecule has 2 aliphatic carbocycles. The highest BCUT2D eigenvalue weighted by molar-refractivity contribution is 14.1. The summed E-state index contributed by atoms with van der Waals surface area (Å²) in [6, 6.07) is 21.8. The highest BCUT2D eigenvalue weighted by Crippen LogP contribution is 2.55. The Balaban J connectivity index is 1.44. The molecule has 3 aromatic carbocycles. The molecule has 0 radical (unpaired) electrons. The van der Waals surface area contributed by atoms with Gasteiger partial charge >= 0.3 is 0 Å². The molecule has 7 nitrogen and oxygen atoms in total. The van der Waals surface area contributed by atoms with Gasteiger partial charge in [-0.3, -0.25) is 14.4 Å². The highest BCUT2D eigenvalue weighted by atomic mass is 127. The van der Waals surface area contributed by atoms with E-state index in [9.17, 15) is 14.4 Å². The van der Waals surface area contributed by atoms with Crippen molar-refractivity contribution in [3.63, 3.8) is 0 Å². The van der Waals surface area contributed by atoms with Crippen molar-refractivity contribution in [2.75, 3.05) is 18.5 Å². The predicted molar refractivity (Wildman–Crippen MR) is 200 cm³/mol. The van der Waals surface area contributed by atoms with Gasteiger partial charge in [0.1, 0.15) is 0 Å². The van der Waals surface area contributed by atoms with Crippen LogP contribution in [0.1, 0.15) is 82.9 Å². The molecule has 0 atom stereocenters. The summed E-state index contributed by atoms with van der Waals surface area (Å²) >= 11 is 2.21. The number of halogens is 1. The Bertz CT molecular complexity index is 1820. The van der Waals surface area contributed by atoms with E-state index in [1.54, 1.807) is 0 Å². The number of carbonyl (C=O) groups excluding carboxylic acids is 3. The predicted octanol–water partition coefficient (Wildman–Crippen LogP) is 8.90. The first-order valence-corrected chi connectivity index (χ1v) is 18.1. The minimum Gasteiger partial charge on any atom is -0.490 e. The standard InChI is InChI=1S/C41H45IN2O5/c1-7-48-34-18-27(17-29(42)39(34)49-24-35(47)43-28-15-11-12-25(2)16-28)36-37-30(19-40(3,4)21-32(37)45)44(23-26-13-9-8-10-14-26)31-20-41(5,6)22-33(46)38(31)36/h8-18,36H,7,19-24H2,1-6H3,(H,43,47). The fourth-order valence-electron chi connectivity index (χ4n) is 7.55. The topological polar surface area (TPSA) is 84.9 Å². The third kappa shape index (κ3) is 7.49. The lowest BCUT2D eigenvalue weighted by atomic mass is 9.63. The van der Waals surface area contributed by atoms with Crippen molar-refractivity contribution in [3.8, 4) is 11.5 Å². The summed E-state index contributed by atoms with van der Waals surface area (Å²) in [4.78, 5) is 43.8. The van der Waals surface area contributed by atoms with E-state index < -0.39 is 5.92 Å². The van der Waals surface area contributed by atoms with Crippen molar-refractivity contribution in [1.82, 2.24) is 4.90 Å². The van der Waals surface area contributed by atoms with E-state index in [1.807, 2.05) is 68.4 Å². The molecule has 0 spiro atoms. The Morgan fingerprint density at radius 2 is 1.49 bits per heavy atom. The molecule has 49 heavy (non-hydrogen) atoms. The molecule has 3 aromatic rings. The second-order valence-electron chi connectivity index (χ2n) is 15.1. The number of nitrogens with zero attached hydrogens (tertiary/aromatic N) is 1. The lowest BCUT2D eigenvalue weighted by molar-refractivity contribution is -0.120. The van der Waals surface area contributed by atoms with Crippen molar-refractivity contribution in [2.45, 2.75) is 79.7 Å². The first-order chi connectivity index (χ1) is 23.2. The number of allylic oxidation sites excluding steroid dienone is 4. The number of benzene rings is 3. The number of anilines is 1. The number of nitrogens with one attached hydrogen (secondary N) is 1. The number of aryl methyl sites for hydroxylation is 1. The summed E-state index contributed by atoms with van der Waals surface area (Å²) in [7, 11) is 0. The van der Waals surface area contributed by atoms with Crippen LogP contribution in [0, 0.1) is 21.3 Å². The van der Waals surface area contributed by atoms with Gasteiger partial charge in [0.05, 0.1) is 10.2 Å². The smallest absolute Gasteiger partial charge is 0.262 e. The second kappa shape index (κ2) is 13.8. The summed E-state index contributed by atoms with van der Waals surface area (Å²) in [5.74, 6) is 0.308. The number of ether oxygens (including phenoxy) is 2. The molecule has 6 rings (SSSR count). The van der Waals surface area contributed by atoms with Crippen LogP contribution in [0.4, 0.5) is 5.69 Å². The van der Waals surface area contributed by atoms with Crippen LogP contribution in [0.15, 0.2) is 89.3 Å². The number of rotatable bonds is 9. The first kappa shape index (κ1) is 34.9. The molecule has 3 aliphatic rings. The molecular weight excluding hydrogens is 727 g/mol. The third-order valence-electron chi connectivity index (χ3n) is 9.52. The molecule has 0 aromatic heterocycles. The average Bonchev–Trinajstić information content (AvgIpc) is 3.01. The zero-order valence-corrected chi connectivity index (χ0v) is 31.4. The van der Waals surface area contributed by atoms with Crippen molar-refractivity contribution in [2.24, 2.45) is 10.8 Å². The maximum Gasteiger partial charge on any atom is 0.262 e. The Labute approximate surface area is 303 Å². The van der Waals surface area contributed by atoms with Crippen molar-refractivity contribution >= 4 is 45.8 Å². The van der Waals surface area contributed by atoms with E-state index in [0.717, 1.165) is 44.5 Å². The SMILES string of the molecule is CCOc1cc(C2C3=C(CC(C)(C)CC3=O)N(Cc3ccccc3)C3=C2C(=O)CC(C)(C)C3)cc(I)c1OCC(=O)Nc1cccc(C)c1. The molecule has 0 fully saturated rings. The van der Waals surface area contributed by atoms with Gasteiger partial charge in [0.2, 0.25) is 0 Å². The van der Waals surface area contributed by atoms with Crippen LogP contribution in [0.5, 0.6) is 11.5 Å². The van der Waals surface area contributed by atoms with Crippen LogP contribution < -0.4 is 14.8 Å². The summed E-state index contributed by atoms with van der Waals surface area (Å²) in [6.07, 6.45) is 2.29. The van der Waals surface area contributed by atoms with Gasteiger partial charge in [-0.05, 0) is 101 Å². The van der Waals surface area contributed by atoms with Crippen LogP contribution in [0.2, 0.25) is 0 Å². The Morgan fingerprint density at radius 1 is 0.857 bits per heavy atom. The normalized spacial score (nSPS) is 18.6. The average molecular weight is 773 g/mol. The number of ketones is 2. The molecule has 1 heterocycles. The van der Waals surface area contributed by atoms with Crippen LogP contribution in [-0.4, -0.2) is 35.6 Å². The summed E-state index contributed by atoms with van der Waals surface area (Å²) < 4.78 is 13.0. The first-order valence-electron chi connectivity index (χ1n) is 17.0. The molecule has 1 aliphatic heterocycles. The van der Waals surface area contributed by atoms with Crippen LogP contribution in [0.3, 0.4) is 0 Å². The quantitative estimate of drug-likeness (QED) is 0.219. The highest BCUT2D eigenvalue weighted by Gasteiger charge is 2.49. The molecule has 1 N–H and O–H groups in total. The Kier molecular flexibility index (Phi) is 9.81. The van der Waals surface area contributed by atoms with Gasteiger partial charge in [0, 0.05) is 53.5 Å². The molecule has 1 amide bonds. The fourth-order valence-corrected chi connectivity index (χ4v) is 8.33.